The van der Waals surface area contributed by atoms with E-state index in [4.69, 9.17) is 4.52 Å². The first-order chi connectivity index (χ1) is 9.65. The number of hydrogen-bond donors (Lipinski definition) is 1. The molecule has 0 aliphatic rings. The molecule has 0 atom stereocenters. The molecule has 4 nitrogen and oxygen atoms in total. The Morgan fingerprint density at radius 2 is 1.90 bits per heavy atom. The highest BCUT2D eigenvalue weighted by molar-refractivity contribution is 9.10. The molecule has 1 N–H and O–H groups in total. The fourth-order valence-electron chi connectivity index (χ4n) is 1.77. The van der Waals surface area contributed by atoms with E-state index in [1.165, 1.54) is 12.1 Å². The number of halogens is 2. The van der Waals surface area contributed by atoms with Gasteiger partial charge in [0.25, 0.3) is 5.89 Å². The predicted octanol–water partition coefficient (Wildman–Crippen LogP) is 4.01. The maximum Gasteiger partial charge on any atom is 0.262 e. The Bertz CT molecular complexity index is 773. The largest absolute Gasteiger partial charge is 0.507 e. The zero-order valence-corrected chi connectivity index (χ0v) is 11.6. The highest BCUT2D eigenvalue weighted by Crippen LogP contribution is 2.32. The summed E-state index contributed by atoms with van der Waals surface area (Å²) in [6, 6.07) is 11.0. The zero-order valence-electron chi connectivity index (χ0n) is 10.0. The summed E-state index contributed by atoms with van der Waals surface area (Å²) >= 11 is 3.24. The van der Waals surface area contributed by atoms with Crippen LogP contribution in [0.25, 0.3) is 22.8 Å². The number of benzene rings is 2. The summed E-state index contributed by atoms with van der Waals surface area (Å²) in [7, 11) is 0. The highest BCUT2D eigenvalue weighted by atomic mass is 79.9. The lowest BCUT2D eigenvalue weighted by Crippen LogP contribution is -1.86. The third-order valence-electron chi connectivity index (χ3n) is 2.73. The second-order valence-electron chi connectivity index (χ2n) is 4.06. The van der Waals surface area contributed by atoms with Gasteiger partial charge in [-0.2, -0.15) is 4.98 Å². The minimum atomic E-state index is -0.431. The molecule has 3 rings (SSSR count). The van der Waals surface area contributed by atoms with Gasteiger partial charge >= 0.3 is 0 Å². The van der Waals surface area contributed by atoms with Crippen LogP contribution >= 0.6 is 15.9 Å². The van der Waals surface area contributed by atoms with E-state index in [-0.39, 0.29) is 23.0 Å². The number of nitrogens with zero attached hydrogens (tertiary/aromatic N) is 2. The molecular formula is C14H8BrFN2O2. The van der Waals surface area contributed by atoms with Crippen molar-refractivity contribution in [3.63, 3.8) is 0 Å². The Balaban J connectivity index is 2.04. The SMILES string of the molecule is Oc1cc(Br)ccc1-c1nc(-c2ccccc2F)no1. The van der Waals surface area contributed by atoms with Crippen LogP contribution in [0.4, 0.5) is 4.39 Å². The van der Waals surface area contributed by atoms with Crippen molar-refractivity contribution in [3.05, 3.63) is 52.8 Å². The molecule has 0 saturated carbocycles. The molecule has 0 bridgehead atoms. The van der Waals surface area contributed by atoms with Crippen LogP contribution in [0.5, 0.6) is 5.75 Å². The van der Waals surface area contributed by atoms with Crippen molar-refractivity contribution in [3.8, 4) is 28.6 Å². The molecule has 0 saturated heterocycles. The third kappa shape index (κ3) is 2.30. The van der Waals surface area contributed by atoms with Crippen LogP contribution < -0.4 is 0 Å². The van der Waals surface area contributed by atoms with E-state index in [1.807, 2.05) is 0 Å². The lowest BCUT2D eigenvalue weighted by molar-refractivity contribution is 0.425. The number of phenols is 1. The third-order valence-corrected chi connectivity index (χ3v) is 3.22. The van der Waals surface area contributed by atoms with Crippen molar-refractivity contribution in [2.24, 2.45) is 0 Å². The van der Waals surface area contributed by atoms with Gasteiger partial charge in [0.15, 0.2) is 0 Å². The van der Waals surface area contributed by atoms with E-state index in [0.717, 1.165) is 4.47 Å². The van der Waals surface area contributed by atoms with Crippen molar-refractivity contribution in [1.29, 1.82) is 0 Å². The number of hydrogen-bond acceptors (Lipinski definition) is 4. The molecule has 2 aromatic carbocycles. The predicted molar refractivity (Wildman–Crippen MR) is 74.5 cm³/mol. The molecule has 1 aromatic heterocycles. The second-order valence-corrected chi connectivity index (χ2v) is 4.98. The molecule has 0 fully saturated rings. The van der Waals surface area contributed by atoms with Crippen LogP contribution in [0.2, 0.25) is 0 Å². The lowest BCUT2D eigenvalue weighted by atomic mass is 10.2. The van der Waals surface area contributed by atoms with Crippen LogP contribution in [0, 0.1) is 5.82 Å². The first kappa shape index (κ1) is 12.8. The number of phenolic OH excluding ortho intramolecular Hbond substituents is 1. The molecule has 0 aliphatic heterocycles. The fraction of sp³-hybridized carbons (Fsp3) is 0. The maximum atomic E-state index is 13.6. The smallest absolute Gasteiger partial charge is 0.262 e. The van der Waals surface area contributed by atoms with E-state index in [1.54, 1.807) is 30.3 Å². The van der Waals surface area contributed by atoms with Crippen LogP contribution in [-0.4, -0.2) is 15.2 Å². The summed E-state index contributed by atoms with van der Waals surface area (Å²) in [5.41, 5.74) is 0.641. The Morgan fingerprint density at radius 1 is 1.10 bits per heavy atom. The van der Waals surface area contributed by atoms with Gasteiger partial charge in [-0.3, -0.25) is 0 Å². The lowest BCUT2D eigenvalue weighted by Gasteiger charge is -1.99. The molecular weight excluding hydrogens is 327 g/mol. The number of aromatic hydroxyl groups is 1. The van der Waals surface area contributed by atoms with Crippen molar-refractivity contribution in [2.75, 3.05) is 0 Å². The minimum Gasteiger partial charge on any atom is -0.507 e. The molecule has 0 unspecified atom stereocenters. The summed E-state index contributed by atoms with van der Waals surface area (Å²) in [5, 5.41) is 13.6. The quantitative estimate of drug-likeness (QED) is 0.769. The van der Waals surface area contributed by atoms with Crippen LogP contribution in [0.15, 0.2) is 51.5 Å². The minimum absolute atomic E-state index is 0.00288. The van der Waals surface area contributed by atoms with E-state index in [2.05, 4.69) is 26.1 Å². The Morgan fingerprint density at radius 3 is 2.65 bits per heavy atom. The standard InChI is InChI=1S/C14H8BrFN2O2/c15-8-5-6-10(12(19)7-8)14-17-13(18-20-14)9-3-1-2-4-11(9)16/h1-7,19H. The zero-order chi connectivity index (χ0) is 14.1. The van der Waals surface area contributed by atoms with Gasteiger partial charge in [-0.05, 0) is 30.3 Å². The summed E-state index contributed by atoms with van der Waals surface area (Å²) in [4.78, 5) is 4.11. The fourth-order valence-corrected chi connectivity index (χ4v) is 2.12. The molecule has 0 aliphatic carbocycles. The van der Waals surface area contributed by atoms with Gasteiger partial charge in [0.05, 0.1) is 11.1 Å². The van der Waals surface area contributed by atoms with Gasteiger partial charge in [-0.15, -0.1) is 0 Å². The second kappa shape index (κ2) is 5.05. The molecule has 20 heavy (non-hydrogen) atoms. The van der Waals surface area contributed by atoms with E-state index < -0.39 is 5.82 Å². The van der Waals surface area contributed by atoms with Crippen molar-refractivity contribution in [2.45, 2.75) is 0 Å². The Labute approximate surface area is 122 Å². The molecule has 100 valence electrons. The first-order valence-corrected chi connectivity index (χ1v) is 6.52. The van der Waals surface area contributed by atoms with E-state index in [9.17, 15) is 9.50 Å². The number of aromatic nitrogens is 2. The summed E-state index contributed by atoms with van der Waals surface area (Å²) < 4.78 is 19.4. The van der Waals surface area contributed by atoms with Gasteiger partial charge in [-0.1, -0.05) is 33.2 Å². The van der Waals surface area contributed by atoms with Crippen LogP contribution in [-0.2, 0) is 0 Å². The first-order valence-electron chi connectivity index (χ1n) is 5.72. The van der Waals surface area contributed by atoms with Gasteiger partial charge < -0.3 is 9.63 Å². The summed E-state index contributed by atoms with van der Waals surface area (Å²) in [5.74, 6) is -0.156. The molecule has 1 heterocycles. The van der Waals surface area contributed by atoms with E-state index in [0.29, 0.717) is 5.56 Å². The maximum absolute atomic E-state index is 13.6. The van der Waals surface area contributed by atoms with E-state index >= 15 is 0 Å². The molecule has 0 spiro atoms. The molecule has 3 aromatic rings. The summed E-state index contributed by atoms with van der Waals surface area (Å²) in [6.07, 6.45) is 0. The van der Waals surface area contributed by atoms with Gasteiger partial charge in [0.1, 0.15) is 11.6 Å². The monoisotopic (exact) mass is 334 g/mol. The van der Waals surface area contributed by atoms with Crippen molar-refractivity contribution in [1.82, 2.24) is 10.1 Å². The van der Waals surface area contributed by atoms with Crippen LogP contribution in [0.3, 0.4) is 0 Å². The number of rotatable bonds is 2. The molecule has 0 amide bonds. The van der Waals surface area contributed by atoms with Gasteiger partial charge in [0, 0.05) is 4.47 Å². The Kier molecular flexibility index (Phi) is 3.23. The van der Waals surface area contributed by atoms with Crippen LogP contribution in [0.1, 0.15) is 0 Å². The molecule has 6 heteroatoms. The average molecular weight is 335 g/mol. The normalized spacial score (nSPS) is 10.7. The Hall–Kier alpha value is -2.21. The van der Waals surface area contributed by atoms with Gasteiger partial charge in [-0.25, -0.2) is 4.39 Å². The van der Waals surface area contributed by atoms with Gasteiger partial charge in [0.2, 0.25) is 5.82 Å². The molecule has 0 radical (unpaired) electrons. The van der Waals surface area contributed by atoms with Crippen molar-refractivity contribution < 1.29 is 14.0 Å². The average Bonchev–Trinajstić information content (AvgIpc) is 2.88. The van der Waals surface area contributed by atoms with Crippen molar-refractivity contribution >= 4 is 15.9 Å². The topological polar surface area (TPSA) is 59.2 Å². The highest BCUT2D eigenvalue weighted by Gasteiger charge is 2.16. The summed E-state index contributed by atoms with van der Waals surface area (Å²) in [6.45, 7) is 0.